The van der Waals surface area contributed by atoms with Gasteiger partial charge in [0.2, 0.25) is 10.0 Å². The Morgan fingerprint density at radius 3 is 2.49 bits per heavy atom. The van der Waals surface area contributed by atoms with Crippen LogP contribution in [0.5, 0.6) is 5.75 Å². The number of aromatic carboxylic acids is 1. The summed E-state index contributed by atoms with van der Waals surface area (Å²) >= 11 is 0. The van der Waals surface area contributed by atoms with Gasteiger partial charge >= 0.3 is 5.97 Å². The second-order valence-corrected chi connectivity index (χ2v) is 13.3. The number of aliphatic hydroxyl groups excluding tert-OH is 1. The first-order valence-electron chi connectivity index (χ1n) is 14.6. The molecule has 0 bridgehead atoms. The molecule has 1 aliphatic heterocycles. The lowest BCUT2D eigenvalue weighted by Gasteiger charge is -2.36. The number of likely N-dealkylation sites (N-methyl/N-ethyl adjacent to an activating group) is 1. The van der Waals surface area contributed by atoms with E-state index in [-0.39, 0.29) is 54.0 Å². The van der Waals surface area contributed by atoms with Crippen LogP contribution in [-0.2, 0) is 21.3 Å². The maximum absolute atomic E-state index is 14.1. The number of hydrogen-bond acceptors (Lipinski definition) is 8. The lowest BCUT2D eigenvalue weighted by molar-refractivity contribution is -0.0177. The SMILES string of the molecule is C[C@H](CO)N1C[C@H](C)[C@H](CN(C)Cc2ccc(C(=O)O)cc2)OCCCC[C@H](C)Oc2ccc(NS(C)(=O)=O)cc2C1=O. The van der Waals surface area contributed by atoms with E-state index >= 15 is 0 Å². The topological polar surface area (TPSA) is 146 Å². The third kappa shape index (κ3) is 10.5. The molecule has 1 amide bonds. The number of benzene rings is 2. The fraction of sp³-hybridized carbons (Fsp3) is 0.548. The molecule has 3 N–H and O–H groups in total. The molecule has 0 radical (unpaired) electrons. The smallest absolute Gasteiger partial charge is 0.335 e. The van der Waals surface area contributed by atoms with Gasteiger partial charge in [0, 0.05) is 37.8 Å². The molecule has 2 aromatic carbocycles. The van der Waals surface area contributed by atoms with E-state index in [1.807, 2.05) is 20.9 Å². The van der Waals surface area contributed by atoms with Gasteiger partial charge in [0.25, 0.3) is 5.91 Å². The largest absolute Gasteiger partial charge is 0.490 e. The van der Waals surface area contributed by atoms with E-state index in [1.54, 1.807) is 48.2 Å². The number of nitrogens with one attached hydrogen (secondary N) is 1. The molecule has 1 heterocycles. The first-order valence-corrected chi connectivity index (χ1v) is 16.5. The van der Waals surface area contributed by atoms with E-state index in [9.17, 15) is 28.2 Å². The van der Waals surface area contributed by atoms with Crippen molar-refractivity contribution in [1.82, 2.24) is 9.80 Å². The van der Waals surface area contributed by atoms with Crippen LogP contribution < -0.4 is 9.46 Å². The first kappa shape index (κ1) is 34.3. The molecule has 12 heteroatoms. The highest BCUT2D eigenvalue weighted by Gasteiger charge is 2.30. The zero-order valence-electron chi connectivity index (χ0n) is 25.7. The molecule has 238 valence electrons. The lowest BCUT2D eigenvalue weighted by Crippen LogP contribution is -2.47. The number of amides is 1. The summed E-state index contributed by atoms with van der Waals surface area (Å²) in [5.74, 6) is -1.11. The predicted molar refractivity (Wildman–Crippen MR) is 165 cm³/mol. The highest BCUT2D eigenvalue weighted by atomic mass is 32.2. The standard InChI is InChI=1S/C31H45N3O8S/c1-21-17-34(22(2)20-35)30(36)27-16-26(32-43(5,39)40)13-14-28(27)42-23(3)8-6-7-15-41-29(21)19-33(4)18-24-9-11-25(12-10-24)31(37)38/h9-14,16,21-23,29,32,35H,6-8,15,17-20H2,1-5H3,(H,37,38)/t21-,22+,23-,29-/m0/s1. The van der Waals surface area contributed by atoms with Crippen LogP contribution in [0.3, 0.4) is 0 Å². The zero-order chi connectivity index (χ0) is 31.7. The van der Waals surface area contributed by atoms with Gasteiger partial charge in [-0.2, -0.15) is 0 Å². The van der Waals surface area contributed by atoms with Gasteiger partial charge in [0.15, 0.2) is 0 Å². The Morgan fingerprint density at radius 2 is 1.86 bits per heavy atom. The number of sulfonamides is 1. The number of hydrogen-bond donors (Lipinski definition) is 3. The highest BCUT2D eigenvalue weighted by Crippen LogP contribution is 2.29. The van der Waals surface area contributed by atoms with Crippen LogP contribution in [0, 0.1) is 5.92 Å². The summed E-state index contributed by atoms with van der Waals surface area (Å²) in [6, 6.07) is 10.9. The monoisotopic (exact) mass is 619 g/mol. The summed E-state index contributed by atoms with van der Waals surface area (Å²) in [5.41, 5.74) is 1.66. The highest BCUT2D eigenvalue weighted by molar-refractivity contribution is 7.92. The fourth-order valence-electron chi connectivity index (χ4n) is 5.10. The van der Waals surface area contributed by atoms with Crippen molar-refractivity contribution in [2.24, 2.45) is 5.92 Å². The molecule has 4 atom stereocenters. The number of aliphatic hydroxyl groups is 1. The van der Waals surface area contributed by atoms with E-state index < -0.39 is 22.0 Å². The molecule has 43 heavy (non-hydrogen) atoms. The van der Waals surface area contributed by atoms with Crippen LogP contribution in [-0.4, -0.2) is 98.2 Å². The summed E-state index contributed by atoms with van der Waals surface area (Å²) < 4.78 is 38.8. The van der Waals surface area contributed by atoms with Crippen LogP contribution in [0.4, 0.5) is 5.69 Å². The number of carboxylic acid groups (broad SMARTS) is 1. The van der Waals surface area contributed by atoms with E-state index in [2.05, 4.69) is 9.62 Å². The van der Waals surface area contributed by atoms with Gasteiger partial charge in [0.05, 0.1) is 42.2 Å². The molecular formula is C31H45N3O8S. The molecule has 2 aromatic rings. The normalized spacial score (nSPS) is 21.4. The molecule has 1 aliphatic rings. The Bertz CT molecular complexity index is 1340. The van der Waals surface area contributed by atoms with Crippen molar-refractivity contribution < 1.29 is 37.7 Å². The van der Waals surface area contributed by atoms with Crippen molar-refractivity contribution in [3.8, 4) is 5.75 Å². The Kier molecular flexibility index (Phi) is 12.4. The van der Waals surface area contributed by atoms with Crippen LogP contribution in [0.15, 0.2) is 42.5 Å². The lowest BCUT2D eigenvalue weighted by atomic mass is 10.0. The minimum Gasteiger partial charge on any atom is -0.490 e. The Balaban J connectivity index is 1.89. The maximum Gasteiger partial charge on any atom is 0.335 e. The number of carbonyl (C=O) groups is 2. The van der Waals surface area contributed by atoms with Crippen molar-refractivity contribution in [2.75, 3.05) is 44.3 Å². The molecule has 11 nitrogen and oxygen atoms in total. The first-order chi connectivity index (χ1) is 20.3. The molecule has 0 aromatic heterocycles. The second-order valence-electron chi connectivity index (χ2n) is 11.6. The third-order valence-corrected chi connectivity index (χ3v) is 8.11. The summed E-state index contributed by atoms with van der Waals surface area (Å²) in [4.78, 5) is 29.0. The average Bonchev–Trinajstić information content (AvgIpc) is 2.94. The minimum atomic E-state index is -3.57. The molecule has 0 saturated heterocycles. The predicted octanol–water partition coefficient (Wildman–Crippen LogP) is 3.68. The zero-order valence-corrected chi connectivity index (χ0v) is 26.5. The molecule has 0 aliphatic carbocycles. The Hall–Kier alpha value is -3.19. The van der Waals surface area contributed by atoms with Crippen molar-refractivity contribution in [3.05, 3.63) is 59.2 Å². The summed E-state index contributed by atoms with van der Waals surface area (Å²) in [6.07, 6.45) is 3.04. The fourth-order valence-corrected chi connectivity index (χ4v) is 5.65. The van der Waals surface area contributed by atoms with Crippen molar-refractivity contribution in [1.29, 1.82) is 0 Å². The van der Waals surface area contributed by atoms with Crippen LogP contribution in [0.25, 0.3) is 0 Å². The summed E-state index contributed by atoms with van der Waals surface area (Å²) in [5, 5.41) is 19.3. The maximum atomic E-state index is 14.1. The average molecular weight is 620 g/mol. The van der Waals surface area contributed by atoms with Gasteiger partial charge in [-0.15, -0.1) is 0 Å². The van der Waals surface area contributed by atoms with Gasteiger partial charge in [0.1, 0.15) is 5.75 Å². The van der Waals surface area contributed by atoms with E-state index in [0.717, 1.165) is 31.1 Å². The number of carbonyl (C=O) groups excluding carboxylic acids is 1. The number of ether oxygens (including phenoxy) is 2. The Labute approximate surface area is 254 Å². The quantitative estimate of drug-likeness (QED) is 0.383. The van der Waals surface area contributed by atoms with Gasteiger partial charge in [-0.1, -0.05) is 19.1 Å². The summed E-state index contributed by atoms with van der Waals surface area (Å²) in [7, 11) is -1.61. The molecule has 3 rings (SSSR count). The number of fused-ring (bicyclic) bond motifs is 1. The van der Waals surface area contributed by atoms with Crippen molar-refractivity contribution >= 4 is 27.6 Å². The van der Waals surface area contributed by atoms with Crippen LogP contribution in [0.1, 0.15) is 66.3 Å². The van der Waals surface area contributed by atoms with Crippen molar-refractivity contribution in [2.45, 2.75) is 64.8 Å². The Morgan fingerprint density at radius 1 is 1.16 bits per heavy atom. The van der Waals surface area contributed by atoms with E-state index in [1.165, 1.54) is 6.07 Å². The summed E-state index contributed by atoms with van der Waals surface area (Å²) in [6.45, 7) is 7.42. The van der Waals surface area contributed by atoms with Gasteiger partial charge < -0.3 is 24.6 Å². The number of nitrogens with zero attached hydrogens (tertiary/aromatic N) is 2. The second kappa shape index (κ2) is 15.5. The molecule has 0 saturated carbocycles. The third-order valence-electron chi connectivity index (χ3n) is 7.50. The van der Waals surface area contributed by atoms with Gasteiger partial charge in [-0.3, -0.25) is 14.4 Å². The van der Waals surface area contributed by atoms with Gasteiger partial charge in [-0.05, 0) is 76.1 Å². The molecule has 0 fully saturated rings. The number of carboxylic acids is 1. The van der Waals surface area contributed by atoms with Crippen LogP contribution in [0.2, 0.25) is 0 Å². The van der Waals surface area contributed by atoms with Crippen molar-refractivity contribution in [3.63, 3.8) is 0 Å². The van der Waals surface area contributed by atoms with E-state index in [4.69, 9.17) is 9.47 Å². The van der Waals surface area contributed by atoms with Crippen LogP contribution >= 0.6 is 0 Å². The molecule has 0 unspecified atom stereocenters. The molecular weight excluding hydrogens is 574 g/mol. The number of anilines is 1. The molecule has 0 spiro atoms. The van der Waals surface area contributed by atoms with E-state index in [0.29, 0.717) is 25.4 Å². The minimum absolute atomic E-state index is 0.127. The number of rotatable bonds is 9. The van der Waals surface area contributed by atoms with Gasteiger partial charge in [-0.25, -0.2) is 13.2 Å².